The monoisotopic (exact) mass is 228 g/mol. The minimum atomic E-state index is 0.216. The lowest BCUT2D eigenvalue weighted by Crippen LogP contribution is -2.03. The molecule has 88 valence electrons. The topological polar surface area (TPSA) is 40.5 Å². The number of hydrogen-bond donors (Lipinski definition) is 2. The average Bonchev–Trinajstić information content (AvgIpc) is 2.34. The molecule has 0 amide bonds. The summed E-state index contributed by atoms with van der Waals surface area (Å²) in [6.45, 7) is 1.85. The number of hydrogen-bond acceptors (Lipinski definition) is 2. The van der Waals surface area contributed by atoms with Crippen LogP contribution in [0.15, 0.2) is 18.2 Å². The van der Waals surface area contributed by atoms with Crippen molar-refractivity contribution in [2.75, 3.05) is 0 Å². The maximum absolute atomic E-state index is 10.3. The fourth-order valence-electron chi connectivity index (χ4n) is 2.78. The van der Waals surface area contributed by atoms with E-state index in [-0.39, 0.29) is 5.75 Å². The normalized spacial score (nSPS) is 14.9. The molecule has 3 rings (SSSR count). The Balaban J connectivity index is 2.41. The third-order valence-corrected chi connectivity index (χ3v) is 3.77. The molecule has 0 saturated heterocycles. The minimum Gasteiger partial charge on any atom is -0.507 e. The second-order valence-electron chi connectivity index (χ2n) is 4.90. The molecule has 0 saturated carbocycles. The zero-order valence-electron chi connectivity index (χ0n) is 9.95. The van der Waals surface area contributed by atoms with Crippen LogP contribution in [0, 0.1) is 6.92 Å². The number of phenolic OH excluding ortho intramolecular Hbond substituents is 2. The predicted molar refractivity (Wildman–Crippen MR) is 68.7 cm³/mol. The highest BCUT2D eigenvalue weighted by atomic mass is 16.3. The highest BCUT2D eigenvalue weighted by Gasteiger charge is 2.18. The molecule has 2 aromatic rings. The van der Waals surface area contributed by atoms with Crippen LogP contribution in [0.2, 0.25) is 0 Å². The van der Waals surface area contributed by atoms with Crippen LogP contribution < -0.4 is 0 Å². The third kappa shape index (κ3) is 1.47. The van der Waals surface area contributed by atoms with E-state index in [1.807, 2.05) is 19.1 Å². The van der Waals surface area contributed by atoms with Crippen LogP contribution in [0.1, 0.15) is 29.5 Å². The van der Waals surface area contributed by atoms with Gasteiger partial charge in [-0.25, -0.2) is 0 Å². The quantitative estimate of drug-likeness (QED) is 0.725. The molecule has 17 heavy (non-hydrogen) atoms. The van der Waals surface area contributed by atoms with Crippen molar-refractivity contribution >= 4 is 10.8 Å². The maximum atomic E-state index is 10.3. The summed E-state index contributed by atoms with van der Waals surface area (Å²) in [5, 5.41) is 22.0. The fraction of sp³-hybridized carbons (Fsp3) is 0.333. The number of fused-ring (bicyclic) bond motifs is 2. The van der Waals surface area contributed by atoms with Crippen LogP contribution in [0.3, 0.4) is 0 Å². The molecule has 2 aromatic carbocycles. The maximum Gasteiger partial charge on any atom is 0.130 e. The van der Waals surface area contributed by atoms with Crippen molar-refractivity contribution in [1.29, 1.82) is 0 Å². The molecule has 0 radical (unpaired) electrons. The molecule has 0 bridgehead atoms. The summed E-state index contributed by atoms with van der Waals surface area (Å²) < 4.78 is 0. The van der Waals surface area contributed by atoms with Gasteiger partial charge < -0.3 is 10.2 Å². The smallest absolute Gasteiger partial charge is 0.130 e. The second-order valence-corrected chi connectivity index (χ2v) is 4.90. The van der Waals surface area contributed by atoms with Crippen molar-refractivity contribution < 1.29 is 10.2 Å². The summed E-state index contributed by atoms with van der Waals surface area (Å²) in [4.78, 5) is 0. The summed E-state index contributed by atoms with van der Waals surface area (Å²) >= 11 is 0. The first-order valence-corrected chi connectivity index (χ1v) is 6.14. The largest absolute Gasteiger partial charge is 0.507 e. The lowest BCUT2D eigenvalue weighted by atomic mass is 9.87. The van der Waals surface area contributed by atoms with Gasteiger partial charge >= 0.3 is 0 Å². The summed E-state index contributed by atoms with van der Waals surface area (Å²) in [7, 11) is 0. The van der Waals surface area contributed by atoms with Crippen molar-refractivity contribution in [2.24, 2.45) is 0 Å². The second kappa shape index (κ2) is 3.66. The Morgan fingerprint density at radius 2 is 1.76 bits per heavy atom. The molecule has 1 aliphatic rings. The standard InChI is InChI=1S/C15H16O2/c1-9-6-7-11-8-10-4-2-3-5-12(10)15(17)13(11)14(9)16/h6-8,16-17H,2-5H2,1H3. The van der Waals surface area contributed by atoms with E-state index in [1.54, 1.807) is 0 Å². The molecule has 2 heteroatoms. The van der Waals surface area contributed by atoms with Crippen LogP contribution in [-0.2, 0) is 12.8 Å². The SMILES string of the molecule is Cc1ccc2cc3c(c(O)c2c1O)CCCC3. The Bertz CT molecular complexity index is 600. The third-order valence-electron chi connectivity index (χ3n) is 3.77. The summed E-state index contributed by atoms with van der Waals surface area (Å²) in [6.07, 6.45) is 4.27. The van der Waals surface area contributed by atoms with E-state index in [4.69, 9.17) is 0 Å². The van der Waals surface area contributed by atoms with E-state index in [0.717, 1.165) is 35.8 Å². The molecule has 0 fully saturated rings. The minimum absolute atomic E-state index is 0.216. The van der Waals surface area contributed by atoms with E-state index in [2.05, 4.69) is 6.07 Å². The van der Waals surface area contributed by atoms with Crippen LogP contribution in [0.5, 0.6) is 11.5 Å². The van der Waals surface area contributed by atoms with Crippen molar-refractivity contribution in [1.82, 2.24) is 0 Å². The van der Waals surface area contributed by atoms with Gasteiger partial charge in [-0.05, 0) is 54.7 Å². The average molecular weight is 228 g/mol. The molecule has 0 atom stereocenters. The Labute approximate surface area is 101 Å². The molecule has 2 N–H and O–H groups in total. The van der Waals surface area contributed by atoms with Gasteiger partial charge in [-0.3, -0.25) is 0 Å². The summed E-state index contributed by atoms with van der Waals surface area (Å²) in [6, 6.07) is 5.98. The Kier molecular flexibility index (Phi) is 2.25. The lowest BCUT2D eigenvalue weighted by Gasteiger charge is -2.19. The van der Waals surface area contributed by atoms with Gasteiger partial charge in [0.15, 0.2) is 0 Å². The van der Waals surface area contributed by atoms with Gasteiger partial charge in [-0.1, -0.05) is 18.2 Å². The zero-order valence-corrected chi connectivity index (χ0v) is 9.95. The Morgan fingerprint density at radius 3 is 2.59 bits per heavy atom. The molecule has 0 unspecified atom stereocenters. The molecule has 0 aromatic heterocycles. The molecule has 0 heterocycles. The van der Waals surface area contributed by atoms with Crippen LogP contribution in [0.25, 0.3) is 10.8 Å². The van der Waals surface area contributed by atoms with E-state index < -0.39 is 0 Å². The van der Waals surface area contributed by atoms with Crippen molar-refractivity contribution in [3.8, 4) is 11.5 Å². The zero-order chi connectivity index (χ0) is 12.0. The van der Waals surface area contributed by atoms with E-state index in [9.17, 15) is 10.2 Å². The number of phenols is 2. The number of rotatable bonds is 0. The van der Waals surface area contributed by atoms with Crippen molar-refractivity contribution in [2.45, 2.75) is 32.6 Å². The number of benzene rings is 2. The lowest BCUT2D eigenvalue weighted by molar-refractivity contribution is 0.454. The summed E-state index contributed by atoms with van der Waals surface area (Å²) in [5.74, 6) is 0.506. The van der Waals surface area contributed by atoms with Crippen molar-refractivity contribution in [3.05, 3.63) is 34.9 Å². The van der Waals surface area contributed by atoms with E-state index >= 15 is 0 Å². The Morgan fingerprint density at radius 1 is 1.00 bits per heavy atom. The van der Waals surface area contributed by atoms with Crippen LogP contribution in [-0.4, -0.2) is 10.2 Å². The molecule has 0 aliphatic heterocycles. The van der Waals surface area contributed by atoms with Gasteiger partial charge in [-0.2, -0.15) is 0 Å². The van der Waals surface area contributed by atoms with Gasteiger partial charge in [0.05, 0.1) is 5.39 Å². The Hall–Kier alpha value is -1.70. The van der Waals surface area contributed by atoms with Crippen LogP contribution in [0.4, 0.5) is 0 Å². The van der Waals surface area contributed by atoms with Crippen molar-refractivity contribution in [3.63, 3.8) is 0 Å². The number of aryl methyl sites for hydroxylation is 2. The van der Waals surface area contributed by atoms with Gasteiger partial charge in [0.25, 0.3) is 0 Å². The molecular weight excluding hydrogens is 212 g/mol. The first-order chi connectivity index (χ1) is 8.18. The fourth-order valence-corrected chi connectivity index (χ4v) is 2.78. The highest BCUT2D eigenvalue weighted by Crippen LogP contribution is 2.41. The van der Waals surface area contributed by atoms with Crippen LogP contribution >= 0.6 is 0 Å². The van der Waals surface area contributed by atoms with Gasteiger partial charge in [0.1, 0.15) is 11.5 Å². The van der Waals surface area contributed by atoms with E-state index in [0.29, 0.717) is 11.1 Å². The number of aromatic hydroxyl groups is 2. The summed E-state index contributed by atoms with van der Waals surface area (Å²) in [5.41, 5.74) is 3.08. The van der Waals surface area contributed by atoms with Gasteiger partial charge in [-0.15, -0.1) is 0 Å². The predicted octanol–water partition coefficient (Wildman–Crippen LogP) is 3.44. The first kappa shape index (κ1) is 10.5. The highest BCUT2D eigenvalue weighted by molar-refractivity contribution is 5.96. The van der Waals surface area contributed by atoms with E-state index in [1.165, 1.54) is 12.0 Å². The first-order valence-electron chi connectivity index (χ1n) is 6.14. The molecular formula is C15H16O2. The molecule has 0 spiro atoms. The van der Waals surface area contributed by atoms with Gasteiger partial charge in [0, 0.05) is 0 Å². The van der Waals surface area contributed by atoms with Gasteiger partial charge in [0.2, 0.25) is 0 Å². The molecule has 1 aliphatic carbocycles. The molecule has 2 nitrogen and oxygen atoms in total.